The van der Waals surface area contributed by atoms with E-state index in [0.717, 1.165) is 5.69 Å². The minimum atomic E-state index is -0.594. The summed E-state index contributed by atoms with van der Waals surface area (Å²) in [5.74, 6) is 0.220. The Bertz CT molecular complexity index is 1690. The number of hydrogen-bond donors (Lipinski definition) is 4. The van der Waals surface area contributed by atoms with Crippen molar-refractivity contribution in [3.8, 4) is 11.3 Å². The predicted octanol–water partition coefficient (Wildman–Crippen LogP) is 4.01. The molecule has 0 unspecified atom stereocenters. The summed E-state index contributed by atoms with van der Waals surface area (Å²) in [7, 11) is 0. The molecule has 3 aromatic heterocycles. The third-order valence-corrected chi connectivity index (χ3v) is 5.87. The Morgan fingerprint density at radius 3 is 2.56 bits per heavy atom. The molecular formula is C26H23ClN10O2. The largest absolute Gasteiger partial charge is 0.382 e. The van der Waals surface area contributed by atoms with Crippen molar-refractivity contribution in [2.45, 2.75) is 19.9 Å². The van der Waals surface area contributed by atoms with Crippen LogP contribution in [0.3, 0.4) is 0 Å². The Morgan fingerprint density at radius 1 is 1.03 bits per heavy atom. The minimum absolute atomic E-state index is 0.0180. The molecule has 39 heavy (non-hydrogen) atoms. The van der Waals surface area contributed by atoms with Crippen molar-refractivity contribution in [3.63, 3.8) is 0 Å². The predicted molar refractivity (Wildman–Crippen MR) is 148 cm³/mol. The van der Waals surface area contributed by atoms with Crippen LogP contribution in [0.2, 0.25) is 5.02 Å². The van der Waals surface area contributed by atoms with Crippen molar-refractivity contribution in [1.82, 2.24) is 35.1 Å². The van der Waals surface area contributed by atoms with Gasteiger partial charge in [0.25, 0.3) is 5.91 Å². The molecule has 0 radical (unpaired) electrons. The van der Waals surface area contributed by atoms with Crippen molar-refractivity contribution in [2.24, 2.45) is 0 Å². The quantitative estimate of drug-likeness (QED) is 0.237. The molecule has 0 saturated carbocycles. The maximum Gasteiger partial charge on any atom is 0.274 e. The summed E-state index contributed by atoms with van der Waals surface area (Å²) in [5, 5.41) is 22.3. The summed E-state index contributed by atoms with van der Waals surface area (Å²) in [6, 6.07) is 17.2. The molecule has 0 aliphatic rings. The molecule has 0 aliphatic carbocycles. The molecule has 13 heteroatoms. The van der Waals surface area contributed by atoms with Gasteiger partial charge in [0.1, 0.15) is 0 Å². The number of anilines is 4. The van der Waals surface area contributed by atoms with Crippen LogP contribution in [0, 0.1) is 0 Å². The highest BCUT2D eigenvalue weighted by molar-refractivity contribution is 6.30. The number of aromatic nitrogens is 6. The van der Waals surface area contributed by atoms with Crippen LogP contribution in [-0.4, -0.2) is 41.6 Å². The van der Waals surface area contributed by atoms with E-state index in [1.807, 2.05) is 12.1 Å². The zero-order valence-electron chi connectivity index (χ0n) is 20.9. The second-order valence-electron chi connectivity index (χ2n) is 8.62. The number of nitrogens with one attached hydrogen (secondary N) is 3. The number of fused-ring (bicyclic) bond motifs is 1. The van der Waals surface area contributed by atoms with Crippen LogP contribution in [-0.2, 0) is 4.79 Å². The first kappa shape index (κ1) is 25.5. The Hall–Kier alpha value is -5.10. The van der Waals surface area contributed by atoms with Gasteiger partial charge in [-0.25, -0.2) is 9.97 Å². The zero-order valence-corrected chi connectivity index (χ0v) is 21.6. The number of carbonyl (C=O) groups is 2. The average Bonchev–Trinajstić information content (AvgIpc) is 3.32. The Balaban J connectivity index is 1.35. The lowest BCUT2D eigenvalue weighted by Crippen LogP contribution is -2.30. The molecule has 5 N–H and O–H groups in total. The molecule has 2 aromatic carbocycles. The lowest BCUT2D eigenvalue weighted by molar-refractivity contribution is -0.114. The van der Waals surface area contributed by atoms with E-state index < -0.39 is 11.9 Å². The molecule has 196 valence electrons. The van der Waals surface area contributed by atoms with E-state index in [9.17, 15) is 9.59 Å². The second kappa shape index (κ2) is 10.7. The Labute approximate surface area is 227 Å². The number of amides is 2. The number of nitrogens with two attached hydrogens (primary N) is 1. The molecule has 5 aromatic rings. The van der Waals surface area contributed by atoms with Gasteiger partial charge in [0, 0.05) is 28.9 Å². The fourth-order valence-electron chi connectivity index (χ4n) is 3.82. The van der Waals surface area contributed by atoms with E-state index in [4.69, 9.17) is 17.3 Å². The van der Waals surface area contributed by atoms with Crippen LogP contribution < -0.4 is 21.7 Å². The first-order chi connectivity index (χ1) is 18.8. The van der Waals surface area contributed by atoms with Gasteiger partial charge in [-0.15, -0.1) is 15.3 Å². The van der Waals surface area contributed by atoms with Gasteiger partial charge in [0.15, 0.2) is 28.8 Å². The van der Waals surface area contributed by atoms with Crippen molar-refractivity contribution >= 4 is 52.1 Å². The number of hydrogen-bond acceptors (Lipinski definition) is 9. The topological polar surface area (TPSA) is 165 Å². The van der Waals surface area contributed by atoms with Gasteiger partial charge >= 0.3 is 0 Å². The van der Waals surface area contributed by atoms with E-state index in [-0.39, 0.29) is 17.4 Å². The summed E-state index contributed by atoms with van der Waals surface area (Å²) in [5.41, 5.74) is 9.02. The van der Waals surface area contributed by atoms with Crippen molar-refractivity contribution in [2.75, 3.05) is 16.4 Å². The molecule has 5 rings (SSSR count). The normalized spacial score (nSPS) is 11.7. The van der Waals surface area contributed by atoms with E-state index >= 15 is 0 Å². The monoisotopic (exact) mass is 542 g/mol. The van der Waals surface area contributed by atoms with Gasteiger partial charge in [-0.2, -0.15) is 4.52 Å². The Morgan fingerprint density at radius 2 is 1.82 bits per heavy atom. The fraction of sp³-hybridized carbons (Fsp3) is 0.115. The van der Waals surface area contributed by atoms with Crippen molar-refractivity contribution in [3.05, 3.63) is 83.4 Å². The molecule has 12 nitrogen and oxygen atoms in total. The summed E-state index contributed by atoms with van der Waals surface area (Å²) >= 11 is 6.07. The highest BCUT2D eigenvalue weighted by atomic mass is 35.5. The van der Waals surface area contributed by atoms with Gasteiger partial charge in [-0.1, -0.05) is 29.8 Å². The molecule has 0 bridgehead atoms. The van der Waals surface area contributed by atoms with Crippen LogP contribution in [0.5, 0.6) is 0 Å². The minimum Gasteiger partial charge on any atom is -0.382 e. The third kappa shape index (κ3) is 5.75. The molecule has 1 atom stereocenters. The SMILES string of the molecule is CC(=O)Nc1ccc(-c2cnc(N)c(C(=O)N[C@H](C)c3nnc4ccc(Nc5cccc(Cl)c5)nn34)n2)cc1. The summed E-state index contributed by atoms with van der Waals surface area (Å²) in [6.07, 6.45) is 1.48. The number of rotatable bonds is 7. The molecule has 0 aliphatic heterocycles. The smallest absolute Gasteiger partial charge is 0.274 e. The number of carbonyl (C=O) groups excluding carboxylic acids is 2. The van der Waals surface area contributed by atoms with Gasteiger partial charge in [-0.3, -0.25) is 9.59 Å². The van der Waals surface area contributed by atoms with E-state index in [1.54, 1.807) is 60.0 Å². The molecular weight excluding hydrogens is 520 g/mol. The summed E-state index contributed by atoms with van der Waals surface area (Å²) < 4.78 is 1.54. The summed E-state index contributed by atoms with van der Waals surface area (Å²) in [6.45, 7) is 3.18. The number of nitrogens with zero attached hydrogens (tertiary/aromatic N) is 6. The average molecular weight is 543 g/mol. The van der Waals surface area contributed by atoms with Gasteiger partial charge in [0.05, 0.1) is 17.9 Å². The van der Waals surface area contributed by atoms with Crippen LogP contribution in [0.4, 0.5) is 23.0 Å². The first-order valence-corrected chi connectivity index (χ1v) is 12.2. The lowest BCUT2D eigenvalue weighted by Gasteiger charge is -2.13. The van der Waals surface area contributed by atoms with Gasteiger partial charge < -0.3 is 21.7 Å². The van der Waals surface area contributed by atoms with Crippen molar-refractivity contribution < 1.29 is 9.59 Å². The standard InChI is InChI=1S/C26H23ClN10O2/c1-14(25-35-34-22-11-10-21(36-37(22)25)32-19-5-3-4-17(27)12-19)30-26(39)23-24(28)29-13-20(33-23)16-6-8-18(9-7-16)31-15(2)38/h3-14H,1-2H3,(H2,28,29)(H,30,39)(H,31,38)(H,32,36)/t14-/m1/s1. The molecule has 2 amide bonds. The highest BCUT2D eigenvalue weighted by Crippen LogP contribution is 2.22. The molecule has 0 spiro atoms. The van der Waals surface area contributed by atoms with E-state index in [2.05, 4.69) is 41.2 Å². The van der Waals surface area contributed by atoms with Crippen LogP contribution in [0.15, 0.2) is 66.9 Å². The molecule has 0 fully saturated rings. The van der Waals surface area contributed by atoms with Gasteiger partial charge in [0.2, 0.25) is 5.91 Å². The zero-order chi connectivity index (χ0) is 27.5. The van der Waals surface area contributed by atoms with Crippen LogP contribution >= 0.6 is 11.6 Å². The van der Waals surface area contributed by atoms with E-state index in [0.29, 0.717) is 39.3 Å². The van der Waals surface area contributed by atoms with E-state index in [1.165, 1.54) is 13.1 Å². The Kier molecular flexibility index (Phi) is 7.02. The highest BCUT2D eigenvalue weighted by Gasteiger charge is 2.21. The second-order valence-corrected chi connectivity index (χ2v) is 9.06. The summed E-state index contributed by atoms with van der Waals surface area (Å²) in [4.78, 5) is 33.0. The molecule has 3 heterocycles. The number of nitrogen functional groups attached to an aromatic ring is 1. The third-order valence-electron chi connectivity index (χ3n) is 5.64. The molecule has 0 saturated heterocycles. The number of benzene rings is 2. The maximum absolute atomic E-state index is 13.2. The maximum atomic E-state index is 13.2. The fourth-order valence-corrected chi connectivity index (χ4v) is 4.01. The van der Waals surface area contributed by atoms with Crippen LogP contribution in [0.1, 0.15) is 36.2 Å². The number of halogens is 1. The van der Waals surface area contributed by atoms with Crippen LogP contribution in [0.25, 0.3) is 16.9 Å². The first-order valence-electron chi connectivity index (χ1n) is 11.8. The lowest BCUT2D eigenvalue weighted by atomic mass is 10.1. The van der Waals surface area contributed by atoms with Crippen molar-refractivity contribution in [1.29, 1.82) is 0 Å². The van der Waals surface area contributed by atoms with Gasteiger partial charge in [-0.05, 0) is 49.4 Å².